The van der Waals surface area contributed by atoms with E-state index in [9.17, 15) is 9.59 Å². The van der Waals surface area contributed by atoms with Gasteiger partial charge in [0.15, 0.2) is 0 Å². The van der Waals surface area contributed by atoms with Crippen molar-refractivity contribution >= 4 is 11.8 Å². The van der Waals surface area contributed by atoms with Crippen LogP contribution in [0.4, 0.5) is 0 Å². The van der Waals surface area contributed by atoms with Crippen molar-refractivity contribution in [1.82, 2.24) is 15.1 Å². The van der Waals surface area contributed by atoms with Crippen LogP contribution in [-0.2, 0) is 9.59 Å². The lowest BCUT2D eigenvalue weighted by atomic mass is 10.1. The Morgan fingerprint density at radius 1 is 1.30 bits per heavy atom. The third kappa shape index (κ3) is 4.20. The second-order valence-electron chi connectivity index (χ2n) is 5.96. The van der Waals surface area contributed by atoms with E-state index in [-0.39, 0.29) is 23.9 Å². The summed E-state index contributed by atoms with van der Waals surface area (Å²) < 4.78 is 0. The molecule has 116 valence electrons. The topological polar surface area (TPSA) is 52.7 Å². The molecule has 1 rings (SSSR count). The van der Waals surface area contributed by atoms with Crippen molar-refractivity contribution in [3.63, 3.8) is 0 Å². The zero-order chi connectivity index (χ0) is 15.3. The molecule has 0 aromatic heterocycles. The molecule has 0 saturated carbocycles. The van der Waals surface area contributed by atoms with Crippen LogP contribution in [0.2, 0.25) is 0 Å². The Bertz CT molecular complexity index is 344. The highest BCUT2D eigenvalue weighted by molar-refractivity contribution is 5.96. The van der Waals surface area contributed by atoms with E-state index in [4.69, 9.17) is 0 Å². The number of carbonyl (C=O) groups is 2. The lowest BCUT2D eigenvalue weighted by molar-refractivity contribution is -0.148. The minimum atomic E-state index is -0.340. The quantitative estimate of drug-likeness (QED) is 0.715. The molecule has 0 aromatic carbocycles. The molecule has 1 heterocycles. The van der Waals surface area contributed by atoms with Crippen molar-refractivity contribution in [3.8, 4) is 0 Å². The first-order valence-corrected chi connectivity index (χ1v) is 7.69. The maximum atomic E-state index is 12.2. The Balaban J connectivity index is 2.44. The molecule has 0 bridgehead atoms. The zero-order valence-corrected chi connectivity index (χ0v) is 13.5. The molecule has 1 aliphatic rings. The maximum Gasteiger partial charge on any atom is 0.245 e. The van der Waals surface area contributed by atoms with E-state index in [2.05, 4.69) is 31.1 Å². The summed E-state index contributed by atoms with van der Waals surface area (Å²) in [4.78, 5) is 28.1. The van der Waals surface area contributed by atoms with Crippen molar-refractivity contribution in [2.75, 3.05) is 20.1 Å². The van der Waals surface area contributed by atoms with Crippen LogP contribution in [-0.4, -0.2) is 59.9 Å². The van der Waals surface area contributed by atoms with Gasteiger partial charge >= 0.3 is 0 Å². The summed E-state index contributed by atoms with van der Waals surface area (Å²) in [5, 5.41) is 2.78. The summed E-state index contributed by atoms with van der Waals surface area (Å²) in [6, 6.07) is -0.133. The van der Waals surface area contributed by atoms with E-state index >= 15 is 0 Å². The molecule has 0 spiro atoms. The molecule has 2 amide bonds. The number of piperazine rings is 1. The Morgan fingerprint density at radius 3 is 2.50 bits per heavy atom. The summed E-state index contributed by atoms with van der Waals surface area (Å²) in [7, 11) is 2.11. The van der Waals surface area contributed by atoms with Crippen molar-refractivity contribution < 1.29 is 9.59 Å². The Hall–Kier alpha value is -1.10. The number of nitrogens with one attached hydrogen (secondary N) is 1. The number of unbranched alkanes of at least 4 members (excludes halogenated alkanes) is 1. The number of hydrogen-bond donors (Lipinski definition) is 1. The lowest BCUT2D eigenvalue weighted by Crippen LogP contribution is -2.62. The number of nitrogens with zero attached hydrogens (tertiary/aromatic N) is 2. The molecule has 1 fully saturated rings. The van der Waals surface area contributed by atoms with Gasteiger partial charge in [-0.2, -0.15) is 0 Å². The molecule has 1 saturated heterocycles. The van der Waals surface area contributed by atoms with E-state index in [1.807, 2.05) is 6.92 Å². The van der Waals surface area contributed by atoms with E-state index in [0.29, 0.717) is 19.0 Å². The molecular formula is C15H29N3O2. The maximum absolute atomic E-state index is 12.2. The third-order valence-corrected chi connectivity index (χ3v) is 4.19. The summed E-state index contributed by atoms with van der Waals surface area (Å²) in [5.41, 5.74) is 0. The third-order valence-electron chi connectivity index (χ3n) is 4.19. The predicted molar refractivity (Wildman–Crippen MR) is 80.4 cm³/mol. The average Bonchev–Trinajstić information content (AvgIpc) is 2.41. The molecule has 5 heteroatoms. The summed E-state index contributed by atoms with van der Waals surface area (Å²) in [6.07, 6.45) is 2.64. The van der Waals surface area contributed by atoms with E-state index in [0.717, 1.165) is 19.4 Å². The zero-order valence-electron chi connectivity index (χ0n) is 13.5. The number of rotatable bonds is 7. The van der Waals surface area contributed by atoms with Crippen molar-refractivity contribution in [3.05, 3.63) is 0 Å². The van der Waals surface area contributed by atoms with Gasteiger partial charge in [0.2, 0.25) is 11.8 Å². The van der Waals surface area contributed by atoms with Crippen LogP contribution in [0.3, 0.4) is 0 Å². The Morgan fingerprint density at radius 2 is 1.95 bits per heavy atom. The molecule has 5 nitrogen and oxygen atoms in total. The summed E-state index contributed by atoms with van der Waals surface area (Å²) in [5.74, 6) is 0.0348. The van der Waals surface area contributed by atoms with Gasteiger partial charge in [-0.3, -0.25) is 9.59 Å². The number of carbonyl (C=O) groups excluding carboxylic acids is 2. The van der Waals surface area contributed by atoms with E-state index < -0.39 is 0 Å². The second-order valence-corrected chi connectivity index (χ2v) is 5.96. The lowest BCUT2D eigenvalue weighted by Gasteiger charge is -2.37. The minimum Gasteiger partial charge on any atom is -0.343 e. The SMILES string of the molecule is CCC1NC(=O)C(C)N(CCCCN(C)C(C)C)C1=O. The van der Waals surface area contributed by atoms with Gasteiger partial charge in [0.25, 0.3) is 0 Å². The van der Waals surface area contributed by atoms with Gasteiger partial charge in [0.05, 0.1) is 0 Å². The van der Waals surface area contributed by atoms with Gasteiger partial charge in [0, 0.05) is 12.6 Å². The molecule has 0 aliphatic carbocycles. The molecule has 0 radical (unpaired) electrons. The first-order chi connectivity index (χ1) is 9.38. The van der Waals surface area contributed by atoms with Gasteiger partial charge in [-0.05, 0) is 53.6 Å². The van der Waals surface area contributed by atoms with Crippen LogP contribution >= 0.6 is 0 Å². The smallest absolute Gasteiger partial charge is 0.245 e. The van der Waals surface area contributed by atoms with Gasteiger partial charge in [-0.25, -0.2) is 0 Å². The monoisotopic (exact) mass is 283 g/mol. The Kier molecular flexibility index (Phi) is 6.46. The van der Waals surface area contributed by atoms with E-state index in [1.165, 1.54) is 0 Å². The van der Waals surface area contributed by atoms with Crippen LogP contribution in [0.1, 0.15) is 47.0 Å². The molecule has 0 aromatic rings. The summed E-state index contributed by atoms with van der Waals surface area (Å²) >= 11 is 0. The normalized spacial score (nSPS) is 23.6. The molecule has 1 N–H and O–H groups in total. The highest BCUT2D eigenvalue weighted by Crippen LogP contribution is 2.13. The van der Waals surface area contributed by atoms with Gasteiger partial charge in [0.1, 0.15) is 12.1 Å². The number of amides is 2. The summed E-state index contributed by atoms with van der Waals surface area (Å²) in [6.45, 7) is 9.78. The molecule has 2 unspecified atom stereocenters. The highest BCUT2D eigenvalue weighted by atomic mass is 16.2. The fraction of sp³-hybridized carbons (Fsp3) is 0.867. The van der Waals surface area contributed by atoms with Gasteiger partial charge in [-0.1, -0.05) is 6.92 Å². The van der Waals surface area contributed by atoms with Crippen molar-refractivity contribution in [2.24, 2.45) is 0 Å². The fourth-order valence-electron chi connectivity index (χ4n) is 2.37. The first kappa shape index (κ1) is 17.0. The van der Waals surface area contributed by atoms with Crippen LogP contribution in [0.15, 0.2) is 0 Å². The average molecular weight is 283 g/mol. The van der Waals surface area contributed by atoms with Crippen LogP contribution in [0.5, 0.6) is 0 Å². The molecular weight excluding hydrogens is 254 g/mol. The molecule has 2 atom stereocenters. The molecule has 1 aliphatic heterocycles. The first-order valence-electron chi connectivity index (χ1n) is 7.69. The van der Waals surface area contributed by atoms with Crippen molar-refractivity contribution in [1.29, 1.82) is 0 Å². The van der Waals surface area contributed by atoms with Gasteiger partial charge < -0.3 is 15.1 Å². The molecule has 20 heavy (non-hydrogen) atoms. The predicted octanol–water partition coefficient (Wildman–Crippen LogP) is 1.23. The largest absolute Gasteiger partial charge is 0.343 e. The van der Waals surface area contributed by atoms with Crippen LogP contribution in [0, 0.1) is 0 Å². The van der Waals surface area contributed by atoms with Crippen LogP contribution in [0.25, 0.3) is 0 Å². The highest BCUT2D eigenvalue weighted by Gasteiger charge is 2.36. The fourth-order valence-corrected chi connectivity index (χ4v) is 2.37. The van der Waals surface area contributed by atoms with Crippen LogP contribution < -0.4 is 5.32 Å². The Labute approximate surface area is 122 Å². The van der Waals surface area contributed by atoms with Gasteiger partial charge in [-0.15, -0.1) is 0 Å². The van der Waals surface area contributed by atoms with Crippen molar-refractivity contribution in [2.45, 2.75) is 65.1 Å². The van der Waals surface area contributed by atoms with E-state index in [1.54, 1.807) is 11.8 Å². The number of hydrogen-bond acceptors (Lipinski definition) is 3. The minimum absolute atomic E-state index is 0.0317. The second kappa shape index (κ2) is 7.62. The standard InChI is InChI=1S/C15H29N3O2/c1-6-13-15(20)18(12(4)14(19)16-13)10-8-7-9-17(5)11(2)3/h11-13H,6-10H2,1-5H3,(H,16,19).